The van der Waals surface area contributed by atoms with Crippen LogP contribution in [0.1, 0.15) is 17.9 Å². The fourth-order valence-corrected chi connectivity index (χ4v) is 3.02. The van der Waals surface area contributed by atoms with Crippen LogP contribution in [0.5, 0.6) is 0 Å². The fraction of sp³-hybridized carbons (Fsp3) is 0.556. The summed E-state index contributed by atoms with van der Waals surface area (Å²) in [7, 11) is -4.04. The number of aryl methyl sites for hydroxylation is 2. The van der Waals surface area contributed by atoms with Crippen LogP contribution in [0.2, 0.25) is 0 Å². The van der Waals surface area contributed by atoms with E-state index in [2.05, 4.69) is 5.16 Å². The van der Waals surface area contributed by atoms with Crippen LogP contribution >= 0.6 is 0 Å². The monoisotopic (exact) mass is 278 g/mol. The molecule has 1 rings (SSSR count). The molecule has 0 aliphatic carbocycles. The quantitative estimate of drug-likeness (QED) is 0.633. The maximum absolute atomic E-state index is 12.0. The van der Waals surface area contributed by atoms with E-state index in [1.165, 1.54) is 13.8 Å². The Morgan fingerprint density at radius 3 is 2.50 bits per heavy atom. The number of aliphatic hydroxyl groups excluding tert-OH is 1. The van der Waals surface area contributed by atoms with Gasteiger partial charge in [-0.3, -0.25) is 4.79 Å². The highest BCUT2D eigenvalue weighted by Crippen LogP contribution is 2.19. The van der Waals surface area contributed by atoms with Gasteiger partial charge >= 0.3 is 5.97 Å². The smallest absolute Gasteiger partial charge is 0.321 e. The van der Waals surface area contributed by atoms with E-state index in [9.17, 15) is 13.2 Å². The zero-order chi connectivity index (χ0) is 13.9. The van der Waals surface area contributed by atoms with Crippen LogP contribution in [-0.2, 0) is 14.8 Å². The Hall–Kier alpha value is -1.45. The number of sulfonamides is 1. The van der Waals surface area contributed by atoms with Gasteiger partial charge in [-0.1, -0.05) is 5.16 Å². The molecule has 0 saturated carbocycles. The topological polar surface area (TPSA) is 130 Å². The average molecular weight is 278 g/mol. The molecule has 0 fully saturated rings. The molecule has 1 aromatic rings. The van der Waals surface area contributed by atoms with Crippen molar-refractivity contribution in [2.75, 3.05) is 6.61 Å². The molecule has 9 heteroatoms. The molecule has 0 aliphatic heterocycles. The van der Waals surface area contributed by atoms with Crippen LogP contribution in [0.25, 0.3) is 0 Å². The Bertz CT molecular complexity index is 516. The first kappa shape index (κ1) is 14.6. The van der Waals surface area contributed by atoms with Gasteiger partial charge in [0.15, 0.2) is 5.76 Å². The molecule has 8 nitrogen and oxygen atoms in total. The second-order valence-corrected chi connectivity index (χ2v) is 5.33. The molecule has 0 aliphatic rings. The minimum Gasteiger partial charge on any atom is -0.480 e. The minimum atomic E-state index is -4.04. The van der Waals surface area contributed by atoms with E-state index in [1.807, 2.05) is 4.72 Å². The van der Waals surface area contributed by atoms with Gasteiger partial charge in [0.25, 0.3) is 0 Å². The summed E-state index contributed by atoms with van der Waals surface area (Å²) in [6.07, 6.45) is -0.224. The Labute approximate surface area is 104 Å². The summed E-state index contributed by atoms with van der Waals surface area (Å²) in [5, 5.41) is 21.0. The molecule has 0 unspecified atom stereocenters. The van der Waals surface area contributed by atoms with Crippen molar-refractivity contribution in [1.29, 1.82) is 0 Å². The van der Waals surface area contributed by atoms with E-state index in [4.69, 9.17) is 14.7 Å². The molecular formula is C9H14N2O6S. The van der Waals surface area contributed by atoms with Gasteiger partial charge in [0.2, 0.25) is 10.0 Å². The first-order chi connectivity index (χ1) is 8.29. The first-order valence-electron chi connectivity index (χ1n) is 5.08. The molecule has 1 atom stereocenters. The minimum absolute atomic E-state index is 0.0770. The number of carboxylic acid groups (broad SMARTS) is 1. The highest BCUT2D eigenvalue weighted by atomic mass is 32.2. The molecule has 1 heterocycles. The van der Waals surface area contributed by atoms with Crippen molar-refractivity contribution in [2.24, 2.45) is 0 Å². The predicted molar refractivity (Wildman–Crippen MR) is 59.4 cm³/mol. The van der Waals surface area contributed by atoms with Gasteiger partial charge in [-0.15, -0.1) is 0 Å². The van der Waals surface area contributed by atoms with Crippen molar-refractivity contribution in [3.63, 3.8) is 0 Å². The molecule has 0 aromatic carbocycles. The number of nitrogens with zero attached hydrogens (tertiary/aromatic N) is 1. The van der Waals surface area contributed by atoms with E-state index < -0.39 is 28.6 Å². The highest BCUT2D eigenvalue weighted by molar-refractivity contribution is 7.89. The van der Waals surface area contributed by atoms with Crippen LogP contribution in [0.3, 0.4) is 0 Å². The number of nitrogens with one attached hydrogen (secondary N) is 1. The molecule has 102 valence electrons. The second-order valence-electron chi connectivity index (χ2n) is 3.68. The van der Waals surface area contributed by atoms with Crippen LogP contribution in [-0.4, -0.2) is 42.4 Å². The maximum Gasteiger partial charge on any atom is 0.321 e. The summed E-state index contributed by atoms with van der Waals surface area (Å²) in [5.41, 5.74) is 0.146. The fourth-order valence-electron chi connectivity index (χ4n) is 1.47. The van der Waals surface area contributed by atoms with E-state index in [0.717, 1.165) is 0 Å². The van der Waals surface area contributed by atoms with Crippen molar-refractivity contribution in [3.05, 3.63) is 11.5 Å². The van der Waals surface area contributed by atoms with Gasteiger partial charge in [-0.25, -0.2) is 8.42 Å². The van der Waals surface area contributed by atoms with E-state index >= 15 is 0 Å². The van der Waals surface area contributed by atoms with Gasteiger partial charge < -0.3 is 14.7 Å². The van der Waals surface area contributed by atoms with Crippen molar-refractivity contribution in [2.45, 2.75) is 31.2 Å². The van der Waals surface area contributed by atoms with Gasteiger partial charge in [-0.05, 0) is 20.3 Å². The Kier molecular flexibility index (Phi) is 4.43. The molecular weight excluding hydrogens is 264 g/mol. The number of aliphatic carboxylic acids is 1. The maximum atomic E-state index is 12.0. The molecule has 0 saturated heterocycles. The number of hydrogen-bond donors (Lipinski definition) is 3. The predicted octanol–water partition coefficient (Wildman–Crippen LogP) is -0.595. The van der Waals surface area contributed by atoms with Crippen molar-refractivity contribution >= 4 is 16.0 Å². The lowest BCUT2D eigenvalue weighted by molar-refractivity contribution is -0.139. The number of aliphatic hydroxyl groups is 1. The molecule has 0 spiro atoms. The molecule has 3 N–H and O–H groups in total. The lowest BCUT2D eigenvalue weighted by atomic mass is 10.2. The Morgan fingerprint density at radius 1 is 1.50 bits per heavy atom. The van der Waals surface area contributed by atoms with Crippen LogP contribution in [0, 0.1) is 13.8 Å². The normalized spacial score (nSPS) is 13.5. The van der Waals surface area contributed by atoms with Crippen LogP contribution < -0.4 is 4.72 Å². The average Bonchev–Trinajstić information content (AvgIpc) is 2.58. The van der Waals surface area contributed by atoms with Gasteiger partial charge in [-0.2, -0.15) is 4.72 Å². The van der Waals surface area contributed by atoms with Crippen LogP contribution in [0.4, 0.5) is 0 Å². The van der Waals surface area contributed by atoms with Gasteiger partial charge in [0, 0.05) is 6.61 Å². The molecule has 18 heavy (non-hydrogen) atoms. The summed E-state index contributed by atoms with van der Waals surface area (Å²) in [4.78, 5) is 10.7. The van der Waals surface area contributed by atoms with Crippen molar-refractivity contribution in [1.82, 2.24) is 9.88 Å². The molecule has 0 amide bonds. The lowest BCUT2D eigenvalue weighted by Gasteiger charge is -2.13. The third-order valence-corrected chi connectivity index (χ3v) is 3.97. The molecule has 0 bridgehead atoms. The third kappa shape index (κ3) is 3.06. The summed E-state index contributed by atoms with van der Waals surface area (Å²) in [5.74, 6) is -1.28. The number of carbonyl (C=O) groups is 1. The summed E-state index contributed by atoms with van der Waals surface area (Å²) in [6, 6.07) is -1.39. The number of rotatable bonds is 6. The summed E-state index contributed by atoms with van der Waals surface area (Å²) >= 11 is 0. The zero-order valence-electron chi connectivity index (χ0n) is 9.87. The summed E-state index contributed by atoms with van der Waals surface area (Å²) < 4.78 is 30.6. The Morgan fingerprint density at radius 2 is 2.11 bits per heavy atom. The van der Waals surface area contributed by atoms with Gasteiger partial charge in [0.1, 0.15) is 16.6 Å². The largest absolute Gasteiger partial charge is 0.480 e. The standard InChI is InChI=1S/C9H14N2O6S/c1-5-8(6(2)17-10-5)18(15,16)11-7(3-4-12)9(13)14/h7,11-12H,3-4H2,1-2H3,(H,13,14)/t7-/m1/s1. The second kappa shape index (κ2) is 5.46. The first-order valence-corrected chi connectivity index (χ1v) is 6.56. The number of aromatic nitrogens is 1. The van der Waals surface area contributed by atoms with E-state index in [0.29, 0.717) is 0 Å². The van der Waals surface area contributed by atoms with E-state index in [-0.39, 0.29) is 22.8 Å². The number of hydrogen-bond acceptors (Lipinski definition) is 6. The SMILES string of the molecule is Cc1noc(C)c1S(=O)(=O)N[C@H](CCO)C(=O)O. The van der Waals surface area contributed by atoms with Crippen LogP contribution in [0.15, 0.2) is 9.42 Å². The van der Waals surface area contributed by atoms with Gasteiger partial charge in [0.05, 0.1) is 0 Å². The summed E-state index contributed by atoms with van der Waals surface area (Å²) in [6.45, 7) is 2.41. The molecule has 0 radical (unpaired) electrons. The number of carboxylic acids is 1. The Balaban J connectivity index is 3.05. The van der Waals surface area contributed by atoms with Crippen molar-refractivity contribution in [3.8, 4) is 0 Å². The lowest BCUT2D eigenvalue weighted by Crippen LogP contribution is -2.41. The van der Waals surface area contributed by atoms with E-state index in [1.54, 1.807) is 0 Å². The van der Waals surface area contributed by atoms with Crippen molar-refractivity contribution < 1.29 is 27.9 Å². The zero-order valence-corrected chi connectivity index (χ0v) is 10.7. The molecule has 1 aromatic heterocycles. The highest BCUT2D eigenvalue weighted by Gasteiger charge is 2.29. The third-order valence-electron chi connectivity index (χ3n) is 2.25.